The van der Waals surface area contributed by atoms with E-state index in [2.05, 4.69) is 34.2 Å². The lowest BCUT2D eigenvalue weighted by molar-refractivity contribution is 0.415. The molecule has 0 fully saturated rings. The van der Waals surface area contributed by atoms with Crippen molar-refractivity contribution in [2.75, 3.05) is 18.6 Å². The minimum absolute atomic E-state index is 0.324. The van der Waals surface area contributed by atoms with Gasteiger partial charge in [0.15, 0.2) is 0 Å². The molecule has 0 unspecified atom stereocenters. The van der Waals surface area contributed by atoms with Crippen molar-refractivity contribution in [1.82, 2.24) is 4.98 Å². The fourth-order valence-electron chi connectivity index (χ4n) is 3.13. The van der Waals surface area contributed by atoms with Crippen LogP contribution >= 0.6 is 0 Å². The molecule has 0 amide bonds. The Hall–Kier alpha value is -3.26. The molecule has 0 saturated carbocycles. The fraction of sp³-hybridized carbons (Fsp3) is 0.200. The summed E-state index contributed by atoms with van der Waals surface area (Å²) in [5.41, 5.74) is 3.76. The van der Waals surface area contributed by atoms with Crippen LogP contribution in [0.2, 0.25) is 0 Å². The maximum Gasteiger partial charge on any atom is 0.235 e. The monoisotopic (exact) mass is 331 g/mol. The summed E-state index contributed by atoms with van der Waals surface area (Å²) in [6.45, 7) is 1.53. The molecular formula is C20H17N3O2. The molecule has 0 saturated heterocycles. The third-order valence-corrected chi connectivity index (χ3v) is 4.47. The Bertz CT molecular complexity index is 938. The summed E-state index contributed by atoms with van der Waals surface area (Å²) in [7, 11) is 1.63. The number of rotatable bonds is 3. The molecular weight excluding hydrogens is 314 g/mol. The van der Waals surface area contributed by atoms with Gasteiger partial charge in [-0.2, -0.15) is 10.2 Å². The molecule has 0 atom stereocenters. The number of nitrogens with zero attached hydrogens (tertiary/aromatic N) is 3. The highest BCUT2D eigenvalue weighted by molar-refractivity contribution is 5.60. The van der Waals surface area contributed by atoms with E-state index >= 15 is 0 Å². The highest BCUT2D eigenvalue weighted by Crippen LogP contribution is 2.32. The highest BCUT2D eigenvalue weighted by Gasteiger charge is 2.24. The maximum absolute atomic E-state index is 9.47. The van der Waals surface area contributed by atoms with Gasteiger partial charge in [0, 0.05) is 18.7 Å². The van der Waals surface area contributed by atoms with E-state index in [4.69, 9.17) is 9.15 Å². The molecule has 1 aliphatic rings. The van der Waals surface area contributed by atoms with Gasteiger partial charge in [-0.15, -0.1) is 0 Å². The first-order valence-corrected chi connectivity index (χ1v) is 8.15. The standard InChI is InChI=1S/C20H17N3O2/c1-24-17-8-6-15(7-9-17)19-22-18(12-21)20(25-19)23-11-10-14-4-2-3-5-16(14)13-23/h2-9H,10-11,13H2,1H3. The third kappa shape index (κ3) is 2.83. The van der Waals surface area contributed by atoms with E-state index in [0.29, 0.717) is 17.5 Å². The van der Waals surface area contributed by atoms with Crippen LogP contribution in [0.15, 0.2) is 52.9 Å². The summed E-state index contributed by atoms with van der Waals surface area (Å²) in [5, 5.41) is 9.47. The van der Waals surface area contributed by atoms with Gasteiger partial charge in [0.05, 0.1) is 7.11 Å². The Balaban J connectivity index is 1.66. The van der Waals surface area contributed by atoms with Crippen molar-refractivity contribution in [3.05, 3.63) is 65.4 Å². The lowest BCUT2D eigenvalue weighted by atomic mass is 10.00. The SMILES string of the molecule is COc1ccc(-c2nc(C#N)c(N3CCc4ccccc4C3)o2)cc1. The van der Waals surface area contributed by atoms with Gasteiger partial charge < -0.3 is 14.1 Å². The minimum Gasteiger partial charge on any atom is -0.497 e. The molecule has 0 spiro atoms. The van der Waals surface area contributed by atoms with Gasteiger partial charge in [0.2, 0.25) is 17.5 Å². The zero-order valence-electron chi connectivity index (χ0n) is 13.9. The van der Waals surface area contributed by atoms with Crippen molar-refractivity contribution < 1.29 is 9.15 Å². The number of oxazole rings is 1. The van der Waals surface area contributed by atoms with Gasteiger partial charge in [-0.1, -0.05) is 24.3 Å². The van der Waals surface area contributed by atoms with Crippen LogP contribution in [-0.4, -0.2) is 18.6 Å². The van der Waals surface area contributed by atoms with Crippen molar-refractivity contribution >= 4 is 5.88 Å². The highest BCUT2D eigenvalue weighted by atomic mass is 16.5. The minimum atomic E-state index is 0.324. The number of hydrogen-bond donors (Lipinski definition) is 0. The fourth-order valence-corrected chi connectivity index (χ4v) is 3.13. The number of benzene rings is 2. The van der Waals surface area contributed by atoms with Crippen molar-refractivity contribution in [2.24, 2.45) is 0 Å². The Morgan fingerprint density at radius 2 is 1.88 bits per heavy atom. The number of hydrogen-bond acceptors (Lipinski definition) is 5. The molecule has 124 valence electrons. The van der Waals surface area contributed by atoms with Crippen molar-refractivity contribution in [2.45, 2.75) is 13.0 Å². The predicted octanol–water partition coefficient (Wildman–Crippen LogP) is 3.78. The third-order valence-electron chi connectivity index (χ3n) is 4.47. The molecule has 5 nitrogen and oxygen atoms in total. The molecule has 1 aliphatic heterocycles. The summed E-state index contributed by atoms with van der Waals surface area (Å²) in [6.07, 6.45) is 0.930. The Labute approximate surface area is 146 Å². The van der Waals surface area contributed by atoms with E-state index in [0.717, 1.165) is 30.8 Å². The number of anilines is 1. The normalized spacial score (nSPS) is 13.2. The van der Waals surface area contributed by atoms with Crippen LogP contribution in [0, 0.1) is 11.3 Å². The number of fused-ring (bicyclic) bond motifs is 1. The maximum atomic E-state index is 9.47. The van der Waals surface area contributed by atoms with Crippen molar-refractivity contribution in [1.29, 1.82) is 5.26 Å². The number of methoxy groups -OCH3 is 1. The molecule has 1 aromatic heterocycles. The molecule has 0 bridgehead atoms. The average molecular weight is 331 g/mol. The zero-order chi connectivity index (χ0) is 17.2. The second kappa shape index (κ2) is 6.33. The molecule has 5 heteroatoms. The van der Waals surface area contributed by atoms with Crippen LogP contribution in [0.25, 0.3) is 11.5 Å². The quantitative estimate of drug-likeness (QED) is 0.731. The van der Waals surface area contributed by atoms with E-state index in [1.54, 1.807) is 7.11 Å². The smallest absolute Gasteiger partial charge is 0.235 e. The largest absolute Gasteiger partial charge is 0.497 e. The van der Waals surface area contributed by atoms with Crippen LogP contribution in [0.1, 0.15) is 16.8 Å². The van der Waals surface area contributed by atoms with Gasteiger partial charge in [-0.25, -0.2) is 0 Å². The number of aromatic nitrogens is 1. The summed E-state index contributed by atoms with van der Waals surface area (Å²) in [6, 6.07) is 18.0. The van der Waals surface area contributed by atoms with E-state index in [1.165, 1.54) is 11.1 Å². The van der Waals surface area contributed by atoms with E-state index in [-0.39, 0.29) is 0 Å². The van der Waals surface area contributed by atoms with Crippen LogP contribution in [0.5, 0.6) is 5.75 Å². The number of nitriles is 1. The molecule has 4 rings (SSSR count). The molecule has 25 heavy (non-hydrogen) atoms. The summed E-state index contributed by atoms with van der Waals surface area (Å²) < 4.78 is 11.1. The Morgan fingerprint density at radius 1 is 1.12 bits per heavy atom. The van der Waals surface area contributed by atoms with Gasteiger partial charge in [0.25, 0.3) is 0 Å². The van der Waals surface area contributed by atoms with E-state index < -0.39 is 0 Å². The van der Waals surface area contributed by atoms with Crippen LogP contribution in [-0.2, 0) is 13.0 Å². The van der Waals surface area contributed by atoms with Crippen LogP contribution in [0.3, 0.4) is 0 Å². The lowest BCUT2D eigenvalue weighted by Crippen LogP contribution is -2.30. The Morgan fingerprint density at radius 3 is 2.60 bits per heavy atom. The first kappa shape index (κ1) is 15.3. The average Bonchev–Trinajstić information content (AvgIpc) is 3.12. The van der Waals surface area contributed by atoms with Gasteiger partial charge in [-0.05, 0) is 41.8 Å². The summed E-state index contributed by atoms with van der Waals surface area (Å²) >= 11 is 0. The summed E-state index contributed by atoms with van der Waals surface area (Å²) in [4.78, 5) is 6.46. The van der Waals surface area contributed by atoms with Gasteiger partial charge in [-0.3, -0.25) is 0 Å². The first-order valence-electron chi connectivity index (χ1n) is 8.15. The molecule has 3 aromatic rings. The van der Waals surface area contributed by atoms with Crippen molar-refractivity contribution in [3.8, 4) is 23.3 Å². The topological polar surface area (TPSA) is 62.3 Å². The Kier molecular flexibility index (Phi) is 3.87. The zero-order valence-corrected chi connectivity index (χ0v) is 13.9. The number of ether oxygens (including phenoxy) is 1. The first-order chi connectivity index (χ1) is 12.3. The molecule has 2 aromatic carbocycles. The summed E-state index contributed by atoms with van der Waals surface area (Å²) in [5.74, 6) is 1.76. The predicted molar refractivity (Wildman–Crippen MR) is 94.4 cm³/mol. The lowest BCUT2D eigenvalue weighted by Gasteiger charge is -2.28. The van der Waals surface area contributed by atoms with Gasteiger partial charge in [0.1, 0.15) is 11.8 Å². The van der Waals surface area contributed by atoms with Crippen LogP contribution in [0.4, 0.5) is 5.88 Å². The molecule has 0 radical (unpaired) electrons. The second-order valence-corrected chi connectivity index (χ2v) is 5.95. The molecule has 0 aliphatic carbocycles. The second-order valence-electron chi connectivity index (χ2n) is 5.95. The van der Waals surface area contributed by atoms with E-state index in [9.17, 15) is 5.26 Å². The molecule has 0 N–H and O–H groups in total. The van der Waals surface area contributed by atoms with Crippen molar-refractivity contribution in [3.63, 3.8) is 0 Å². The molecule has 2 heterocycles. The van der Waals surface area contributed by atoms with E-state index in [1.807, 2.05) is 30.3 Å². The van der Waals surface area contributed by atoms with Gasteiger partial charge >= 0.3 is 0 Å². The van der Waals surface area contributed by atoms with Crippen LogP contribution < -0.4 is 9.64 Å².